The molecule has 4 rings (SSSR count). The number of alkyl halides is 3. The first kappa shape index (κ1) is 21.4. The van der Waals surface area contributed by atoms with E-state index >= 15 is 0 Å². The number of rotatable bonds is 2. The maximum Gasteiger partial charge on any atom is 0.418 e. The summed E-state index contributed by atoms with van der Waals surface area (Å²) in [6.07, 6.45) is -2.38. The Morgan fingerprint density at radius 1 is 1.22 bits per heavy atom. The van der Waals surface area contributed by atoms with Gasteiger partial charge >= 0.3 is 12.3 Å². The fourth-order valence-corrected chi connectivity index (χ4v) is 3.96. The van der Waals surface area contributed by atoms with Gasteiger partial charge in [-0.15, -0.1) is 0 Å². The molecule has 2 atom stereocenters. The third kappa shape index (κ3) is 3.55. The zero-order valence-corrected chi connectivity index (χ0v) is 17.1. The van der Waals surface area contributed by atoms with Gasteiger partial charge in [0.15, 0.2) is 5.65 Å². The third-order valence-electron chi connectivity index (χ3n) is 5.49. The first-order valence-corrected chi connectivity index (χ1v) is 9.67. The number of carboxylic acid groups (broad SMARTS) is 1. The van der Waals surface area contributed by atoms with Crippen LogP contribution in [0.15, 0.2) is 30.9 Å². The highest BCUT2D eigenvalue weighted by Crippen LogP contribution is 2.41. The molecule has 0 saturated carbocycles. The van der Waals surface area contributed by atoms with Crippen LogP contribution in [0.5, 0.6) is 0 Å². The van der Waals surface area contributed by atoms with Crippen LogP contribution >= 0.6 is 0 Å². The molecule has 0 aromatic carbocycles. The first-order valence-electron chi connectivity index (χ1n) is 9.67. The Morgan fingerprint density at radius 2 is 1.97 bits per heavy atom. The van der Waals surface area contributed by atoms with Gasteiger partial charge in [-0.05, 0) is 26.0 Å². The van der Waals surface area contributed by atoms with Crippen molar-refractivity contribution in [1.29, 1.82) is 5.26 Å². The number of hydrogen-bond donors (Lipinski definition) is 1. The molecular weight excluding hydrogens is 427 g/mol. The summed E-state index contributed by atoms with van der Waals surface area (Å²) in [5.74, 6) is 0.188. The van der Waals surface area contributed by atoms with Crippen molar-refractivity contribution in [2.24, 2.45) is 0 Å². The van der Waals surface area contributed by atoms with E-state index in [4.69, 9.17) is 5.26 Å². The highest BCUT2D eigenvalue weighted by molar-refractivity contribution is 5.93. The predicted octanol–water partition coefficient (Wildman–Crippen LogP) is 3.28. The molecule has 0 bridgehead atoms. The van der Waals surface area contributed by atoms with Gasteiger partial charge in [-0.2, -0.15) is 18.4 Å². The standard InChI is InChI=1S/C20H18F3N7O2/c1-11-8-29(19(31)32)12(2)7-28(11)17-16-14(20(21,22)23)9-30(18(16)27-10-26-17)15-5-13(6-24)3-4-25-15/h3-5,9-12H,7-8H2,1-2H3,(H,31,32)/t11?,12-/m0/s1. The average molecular weight is 445 g/mol. The number of nitriles is 1. The molecule has 1 N–H and O–H groups in total. The highest BCUT2D eigenvalue weighted by Gasteiger charge is 2.40. The number of fused-ring (bicyclic) bond motifs is 1. The minimum Gasteiger partial charge on any atom is -0.465 e. The summed E-state index contributed by atoms with van der Waals surface area (Å²) in [4.78, 5) is 26.7. The van der Waals surface area contributed by atoms with Gasteiger partial charge in [-0.1, -0.05) is 0 Å². The summed E-state index contributed by atoms with van der Waals surface area (Å²) < 4.78 is 43.3. The van der Waals surface area contributed by atoms with E-state index in [-0.39, 0.29) is 41.3 Å². The monoisotopic (exact) mass is 445 g/mol. The molecule has 4 heterocycles. The zero-order chi connectivity index (χ0) is 23.2. The van der Waals surface area contributed by atoms with Gasteiger partial charge in [0.2, 0.25) is 0 Å². The lowest BCUT2D eigenvalue weighted by Gasteiger charge is -2.43. The van der Waals surface area contributed by atoms with Crippen LogP contribution in [0, 0.1) is 11.3 Å². The van der Waals surface area contributed by atoms with Crippen molar-refractivity contribution in [2.75, 3.05) is 18.0 Å². The van der Waals surface area contributed by atoms with Crippen LogP contribution < -0.4 is 4.90 Å². The van der Waals surface area contributed by atoms with E-state index in [1.807, 2.05) is 6.07 Å². The van der Waals surface area contributed by atoms with E-state index < -0.39 is 29.9 Å². The molecule has 0 spiro atoms. The number of aromatic nitrogens is 4. The number of anilines is 1. The van der Waals surface area contributed by atoms with E-state index in [0.717, 1.165) is 6.20 Å². The second-order valence-corrected chi connectivity index (χ2v) is 7.61. The van der Waals surface area contributed by atoms with Crippen molar-refractivity contribution in [3.05, 3.63) is 42.0 Å². The minimum absolute atomic E-state index is 0.00886. The first-order chi connectivity index (χ1) is 15.1. The maximum atomic E-state index is 14.0. The second kappa shape index (κ2) is 7.67. The van der Waals surface area contributed by atoms with Crippen molar-refractivity contribution in [3.63, 3.8) is 0 Å². The number of piperazine rings is 1. The summed E-state index contributed by atoms with van der Waals surface area (Å²) in [5.41, 5.74) is -0.704. The smallest absolute Gasteiger partial charge is 0.418 e. The number of carbonyl (C=O) groups is 1. The van der Waals surface area contributed by atoms with E-state index in [1.165, 1.54) is 34.1 Å². The summed E-state index contributed by atoms with van der Waals surface area (Å²) in [7, 11) is 0. The van der Waals surface area contributed by atoms with Crippen molar-refractivity contribution in [3.8, 4) is 11.9 Å². The SMILES string of the molecule is CC1CN(C(=O)O)[C@@H](C)CN1c1ncnc2c1c(C(F)(F)F)cn2-c1cc(C#N)ccn1. The maximum absolute atomic E-state index is 14.0. The fourth-order valence-electron chi connectivity index (χ4n) is 3.96. The molecule has 166 valence electrons. The predicted molar refractivity (Wildman–Crippen MR) is 107 cm³/mol. The normalized spacial score (nSPS) is 19.2. The number of pyridine rings is 1. The number of amides is 1. The van der Waals surface area contributed by atoms with E-state index in [2.05, 4.69) is 15.0 Å². The Bertz CT molecular complexity index is 1230. The molecule has 1 unspecified atom stereocenters. The Labute approximate surface area is 180 Å². The largest absolute Gasteiger partial charge is 0.465 e. The molecule has 12 heteroatoms. The van der Waals surface area contributed by atoms with Gasteiger partial charge in [-0.3, -0.25) is 4.57 Å². The second-order valence-electron chi connectivity index (χ2n) is 7.61. The molecule has 1 aliphatic rings. The summed E-state index contributed by atoms with van der Waals surface area (Å²) in [6.45, 7) is 3.72. The summed E-state index contributed by atoms with van der Waals surface area (Å²) >= 11 is 0. The summed E-state index contributed by atoms with van der Waals surface area (Å²) in [6, 6.07) is 3.91. The molecule has 1 amide bonds. The van der Waals surface area contributed by atoms with Gasteiger partial charge in [0, 0.05) is 37.6 Å². The Kier molecular flexibility index (Phi) is 5.12. The molecule has 1 saturated heterocycles. The molecular formula is C20H18F3N7O2. The number of hydrogen-bond acceptors (Lipinski definition) is 6. The molecule has 0 radical (unpaired) electrons. The highest BCUT2D eigenvalue weighted by atomic mass is 19.4. The molecule has 3 aromatic rings. The molecule has 9 nitrogen and oxygen atoms in total. The number of nitrogens with zero attached hydrogens (tertiary/aromatic N) is 7. The van der Waals surface area contributed by atoms with Gasteiger partial charge in [0.1, 0.15) is 18.0 Å². The van der Waals surface area contributed by atoms with Crippen LogP contribution in [-0.4, -0.2) is 60.8 Å². The lowest BCUT2D eigenvalue weighted by atomic mass is 10.1. The van der Waals surface area contributed by atoms with Crippen LogP contribution in [0.1, 0.15) is 25.0 Å². The van der Waals surface area contributed by atoms with Crippen LogP contribution in [0.3, 0.4) is 0 Å². The van der Waals surface area contributed by atoms with Crippen molar-refractivity contribution in [1.82, 2.24) is 24.4 Å². The zero-order valence-electron chi connectivity index (χ0n) is 17.1. The van der Waals surface area contributed by atoms with Crippen molar-refractivity contribution in [2.45, 2.75) is 32.1 Å². The van der Waals surface area contributed by atoms with Crippen LogP contribution in [0.25, 0.3) is 16.9 Å². The quantitative estimate of drug-likeness (QED) is 0.644. The summed E-state index contributed by atoms with van der Waals surface area (Å²) in [5, 5.41) is 18.3. The Balaban J connectivity index is 1.91. The van der Waals surface area contributed by atoms with Crippen LogP contribution in [0.4, 0.5) is 23.8 Å². The Hall–Kier alpha value is -3.88. The molecule has 32 heavy (non-hydrogen) atoms. The van der Waals surface area contributed by atoms with Gasteiger partial charge in [0.25, 0.3) is 0 Å². The molecule has 0 aliphatic carbocycles. The van der Waals surface area contributed by atoms with Gasteiger partial charge < -0.3 is 14.9 Å². The van der Waals surface area contributed by atoms with Crippen LogP contribution in [0.2, 0.25) is 0 Å². The topological polar surface area (TPSA) is 111 Å². The molecule has 3 aromatic heterocycles. The van der Waals surface area contributed by atoms with Crippen molar-refractivity contribution >= 4 is 22.9 Å². The number of halogens is 3. The Morgan fingerprint density at radius 3 is 2.62 bits per heavy atom. The van der Waals surface area contributed by atoms with E-state index in [0.29, 0.717) is 0 Å². The molecule has 1 fully saturated rings. The van der Waals surface area contributed by atoms with Crippen molar-refractivity contribution < 1.29 is 23.1 Å². The molecule has 1 aliphatic heterocycles. The third-order valence-corrected chi connectivity index (χ3v) is 5.49. The van der Waals surface area contributed by atoms with Crippen LogP contribution in [-0.2, 0) is 6.18 Å². The van der Waals surface area contributed by atoms with E-state index in [9.17, 15) is 23.1 Å². The lowest BCUT2D eigenvalue weighted by Crippen LogP contribution is -2.58. The fraction of sp³-hybridized carbons (Fsp3) is 0.350. The lowest BCUT2D eigenvalue weighted by molar-refractivity contribution is -0.136. The van der Waals surface area contributed by atoms with Gasteiger partial charge in [0.05, 0.1) is 22.6 Å². The average Bonchev–Trinajstić information content (AvgIpc) is 3.15. The van der Waals surface area contributed by atoms with E-state index in [1.54, 1.807) is 18.7 Å². The minimum atomic E-state index is -4.70. The van der Waals surface area contributed by atoms with Gasteiger partial charge in [-0.25, -0.2) is 19.7 Å².